The maximum Gasteiger partial charge on any atom is 0.287 e. The molecule has 0 radical (unpaired) electrons. The van der Waals surface area contributed by atoms with Crippen molar-refractivity contribution in [3.05, 3.63) is 59.0 Å². The van der Waals surface area contributed by atoms with Crippen LogP contribution in [-0.2, 0) is 24.4 Å². The summed E-state index contributed by atoms with van der Waals surface area (Å²) in [6.45, 7) is 6.01. The van der Waals surface area contributed by atoms with E-state index in [1.807, 2.05) is 18.2 Å². The van der Waals surface area contributed by atoms with E-state index in [0.29, 0.717) is 30.7 Å². The molecule has 0 fully saturated rings. The second kappa shape index (κ2) is 8.66. The number of carbonyl (C=O) groups excluding carboxylic acids is 1. The van der Waals surface area contributed by atoms with Gasteiger partial charge < -0.3 is 14.5 Å². The van der Waals surface area contributed by atoms with Gasteiger partial charge in [-0.15, -0.1) is 0 Å². The van der Waals surface area contributed by atoms with Crippen molar-refractivity contribution in [2.45, 2.75) is 39.6 Å². The number of methoxy groups -OCH3 is 1. The topological polar surface area (TPSA) is 54.7 Å². The van der Waals surface area contributed by atoms with E-state index in [2.05, 4.69) is 37.2 Å². The van der Waals surface area contributed by atoms with Crippen molar-refractivity contribution >= 4 is 5.91 Å². The van der Waals surface area contributed by atoms with Crippen LogP contribution in [0.4, 0.5) is 0 Å². The van der Waals surface area contributed by atoms with E-state index in [0.717, 1.165) is 12.1 Å². The largest absolute Gasteiger partial charge is 0.453 e. The molecule has 1 amide bonds. The lowest BCUT2D eigenvalue weighted by Crippen LogP contribution is -2.27. The van der Waals surface area contributed by atoms with Gasteiger partial charge >= 0.3 is 0 Å². The Morgan fingerprint density at radius 3 is 2.58 bits per heavy atom. The molecule has 1 N–H and O–H groups in total. The molecule has 1 heterocycles. The van der Waals surface area contributed by atoms with Crippen molar-refractivity contribution in [3.8, 4) is 0 Å². The summed E-state index contributed by atoms with van der Waals surface area (Å²) in [7, 11) is 3.69. The molecule has 5 nitrogen and oxygen atoms in total. The van der Waals surface area contributed by atoms with E-state index in [4.69, 9.17) is 9.15 Å². The number of furan rings is 1. The molecular formula is C19H26N2O3. The first-order valence-corrected chi connectivity index (χ1v) is 8.14. The van der Waals surface area contributed by atoms with Crippen LogP contribution in [0.5, 0.6) is 0 Å². The molecular weight excluding hydrogens is 304 g/mol. The van der Waals surface area contributed by atoms with Gasteiger partial charge in [0.1, 0.15) is 12.4 Å². The summed E-state index contributed by atoms with van der Waals surface area (Å²) in [5.41, 5.74) is 2.33. The number of amides is 1. The summed E-state index contributed by atoms with van der Waals surface area (Å²) in [5.74, 6) is 0.727. The highest BCUT2D eigenvalue weighted by molar-refractivity contribution is 5.91. The first kappa shape index (κ1) is 18.2. The average molecular weight is 330 g/mol. The third-order valence-electron chi connectivity index (χ3n) is 4.03. The molecule has 0 saturated carbocycles. The van der Waals surface area contributed by atoms with Crippen LogP contribution in [0, 0.1) is 0 Å². The Hall–Kier alpha value is -2.11. The Labute approximate surface area is 143 Å². The van der Waals surface area contributed by atoms with E-state index in [1.165, 1.54) is 5.56 Å². The van der Waals surface area contributed by atoms with Gasteiger partial charge in [-0.2, -0.15) is 0 Å². The molecule has 0 atom stereocenters. The number of benzene rings is 1. The third kappa shape index (κ3) is 4.94. The molecule has 130 valence electrons. The van der Waals surface area contributed by atoms with Crippen LogP contribution in [0.3, 0.4) is 0 Å². The molecule has 1 aromatic heterocycles. The predicted octanol–water partition coefficient (Wildman–Crippen LogP) is 3.20. The highest BCUT2D eigenvalue weighted by atomic mass is 16.5. The second-order valence-corrected chi connectivity index (χ2v) is 6.16. The lowest BCUT2D eigenvalue weighted by molar-refractivity contribution is 0.0914. The predicted molar refractivity (Wildman–Crippen MR) is 93.6 cm³/mol. The minimum absolute atomic E-state index is 0.218. The first-order valence-electron chi connectivity index (χ1n) is 8.14. The van der Waals surface area contributed by atoms with E-state index < -0.39 is 0 Å². The molecule has 0 spiro atoms. The fourth-order valence-electron chi connectivity index (χ4n) is 2.32. The molecule has 24 heavy (non-hydrogen) atoms. The van der Waals surface area contributed by atoms with Crippen molar-refractivity contribution < 1.29 is 13.9 Å². The smallest absolute Gasteiger partial charge is 0.287 e. The lowest BCUT2D eigenvalue weighted by Gasteiger charge is -2.22. The summed E-state index contributed by atoms with van der Waals surface area (Å²) in [6.07, 6.45) is 0. The highest BCUT2D eigenvalue weighted by Crippen LogP contribution is 2.13. The van der Waals surface area contributed by atoms with Crippen LogP contribution < -0.4 is 5.32 Å². The zero-order valence-electron chi connectivity index (χ0n) is 14.8. The molecule has 2 aromatic rings. The van der Waals surface area contributed by atoms with Gasteiger partial charge in [0.2, 0.25) is 0 Å². The Balaban J connectivity index is 1.99. The van der Waals surface area contributed by atoms with Crippen molar-refractivity contribution in [3.63, 3.8) is 0 Å². The zero-order chi connectivity index (χ0) is 17.5. The summed E-state index contributed by atoms with van der Waals surface area (Å²) in [5, 5.41) is 2.92. The second-order valence-electron chi connectivity index (χ2n) is 6.16. The molecule has 5 heteroatoms. The number of carbonyl (C=O) groups is 1. The van der Waals surface area contributed by atoms with Gasteiger partial charge in [0, 0.05) is 26.2 Å². The van der Waals surface area contributed by atoms with Gasteiger partial charge in [-0.1, -0.05) is 24.3 Å². The summed E-state index contributed by atoms with van der Waals surface area (Å²) in [4.78, 5) is 14.5. The highest BCUT2D eigenvalue weighted by Gasteiger charge is 2.13. The molecule has 2 rings (SSSR count). The van der Waals surface area contributed by atoms with Crippen LogP contribution >= 0.6 is 0 Å². The van der Waals surface area contributed by atoms with E-state index in [9.17, 15) is 4.79 Å². The van der Waals surface area contributed by atoms with Crippen LogP contribution in [0.1, 0.15) is 41.3 Å². The Morgan fingerprint density at radius 1 is 1.21 bits per heavy atom. The molecule has 0 aliphatic carbocycles. The molecule has 0 bridgehead atoms. The normalized spacial score (nSPS) is 11.2. The van der Waals surface area contributed by atoms with E-state index in [-0.39, 0.29) is 5.91 Å². The van der Waals surface area contributed by atoms with E-state index >= 15 is 0 Å². The van der Waals surface area contributed by atoms with Gasteiger partial charge in [-0.25, -0.2) is 0 Å². The van der Waals surface area contributed by atoms with Crippen molar-refractivity contribution in [2.24, 2.45) is 0 Å². The number of hydrogen-bond acceptors (Lipinski definition) is 4. The monoisotopic (exact) mass is 330 g/mol. The molecule has 0 aliphatic heterocycles. The Morgan fingerprint density at radius 2 is 1.92 bits per heavy atom. The molecule has 1 aromatic carbocycles. The van der Waals surface area contributed by atoms with Gasteiger partial charge in [0.15, 0.2) is 5.76 Å². The van der Waals surface area contributed by atoms with Gasteiger partial charge in [-0.05, 0) is 44.2 Å². The lowest BCUT2D eigenvalue weighted by atomic mass is 10.1. The molecule has 0 unspecified atom stereocenters. The fraction of sp³-hybridized carbons (Fsp3) is 0.421. The quantitative estimate of drug-likeness (QED) is 0.807. The minimum atomic E-state index is -0.218. The SMILES string of the molecule is COCc1ccc(C(=O)NCc2ccccc2CN(C)C(C)C)o1. The van der Waals surface area contributed by atoms with Crippen LogP contribution in [-0.4, -0.2) is 31.0 Å². The number of hydrogen-bond donors (Lipinski definition) is 1. The van der Waals surface area contributed by atoms with Gasteiger partial charge in [0.05, 0.1) is 0 Å². The summed E-state index contributed by atoms with van der Waals surface area (Å²) in [6, 6.07) is 12.1. The molecule has 0 saturated heterocycles. The van der Waals surface area contributed by atoms with E-state index in [1.54, 1.807) is 19.2 Å². The number of nitrogens with zero attached hydrogens (tertiary/aromatic N) is 1. The fourth-order valence-corrected chi connectivity index (χ4v) is 2.32. The van der Waals surface area contributed by atoms with Crippen molar-refractivity contribution in [1.29, 1.82) is 0 Å². The third-order valence-corrected chi connectivity index (χ3v) is 4.03. The van der Waals surface area contributed by atoms with Crippen LogP contribution in [0.15, 0.2) is 40.8 Å². The average Bonchev–Trinajstić information content (AvgIpc) is 3.02. The van der Waals surface area contributed by atoms with Gasteiger partial charge in [0.25, 0.3) is 5.91 Å². The summed E-state index contributed by atoms with van der Waals surface area (Å²) < 4.78 is 10.4. The zero-order valence-corrected chi connectivity index (χ0v) is 14.8. The van der Waals surface area contributed by atoms with Crippen LogP contribution in [0.2, 0.25) is 0 Å². The van der Waals surface area contributed by atoms with Crippen molar-refractivity contribution in [1.82, 2.24) is 10.2 Å². The minimum Gasteiger partial charge on any atom is -0.453 e. The standard InChI is InChI=1S/C19H26N2O3/c1-14(2)21(3)12-16-8-6-5-7-15(16)11-20-19(22)18-10-9-17(24-18)13-23-4/h5-10,14H,11-13H2,1-4H3,(H,20,22). The van der Waals surface area contributed by atoms with Gasteiger partial charge in [-0.3, -0.25) is 9.69 Å². The maximum absolute atomic E-state index is 12.2. The number of nitrogens with one attached hydrogen (secondary N) is 1. The van der Waals surface area contributed by atoms with Crippen LogP contribution in [0.25, 0.3) is 0 Å². The Kier molecular flexibility index (Phi) is 6.58. The first-order chi connectivity index (χ1) is 11.5. The molecule has 0 aliphatic rings. The number of rotatable bonds is 8. The van der Waals surface area contributed by atoms with Crippen molar-refractivity contribution in [2.75, 3.05) is 14.2 Å². The maximum atomic E-state index is 12.2. The number of ether oxygens (including phenoxy) is 1. The summed E-state index contributed by atoms with van der Waals surface area (Å²) >= 11 is 0. The Bertz CT molecular complexity index is 664.